The van der Waals surface area contributed by atoms with E-state index in [1.165, 1.54) is 34.6 Å². The maximum absolute atomic E-state index is 14.1. The van der Waals surface area contributed by atoms with Gasteiger partial charge in [-0.3, -0.25) is 9.36 Å². The van der Waals surface area contributed by atoms with E-state index in [9.17, 15) is 9.18 Å². The number of nitrogens with zero attached hydrogens (tertiary/aromatic N) is 3. The van der Waals surface area contributed by atoms with Gasteiger partial charge in [0.15, 0.2) is 4.80 Å². The lowest BCUT2D eigenvalue weighted by molar-refractivity contribution is 0.585. The first-order valence-electron chi connectivity index (χ1n) is 13.2. The molecule has 2 aliphatic rings. The van der Waals surface area contributed by atoms with Crippen molar-refractivity contribution >= 4 is 39.0 Å². The maximum atomic E-state index is 14.1. The van der Waals surface area contributed by atoms with Crippen LogP contribution in [0.2, 0.25) is 0 Å². The minimum atomic E-state index is -0.266. The van der Waals surface area contributed by atoms with Crippen molar-refractivity contribution in [1.29, 1.82) is 0 Å². The summed E-state index contributed by atoms with van der Waals surface area (Å²) in [5.74, 6) is -0.266. The highest BCUT2D eigenvalue weighted by Crippen LogP contribution is 2.41. The van der Waals surface area contributed by atoms with Crippen LogP contribution in [-0.2, 0) is 6.42 Å². The number of halogens is 2. The molecule has 7 rings (SSSR count). The van der Waals surface area contributed by atoms with Gasteiger partial charge < -0.3 is 4.57 Å². The van der Waals surface area contributed by atoms with Crippen LogP contribution in [0, 0.1) is 19.7 Å². The monoisotopic (exact) mass is 609 g/mol. The summed E-state index contributed by atoms with van der Waals surface area (Å²) in [4.78, 5) is 19.9. The fourth-order valence-corrected chi connectivity index (χ4v) is 7.29. The van der Waals surface area contributed by atoms with Gasteiger partial charge in [0, 0.05) is 27.1 Å². The van der Waals surface area contributed by atoms with E-state index in [0.29, 0.717) is 9.33 Å². The number of thiazole rings is 1. The molecular formula is C33H25BrFN3OS. The molecule has 2 aromatic heterocycles. The van der Waals surface area contributed by atoms with Gasteiger partial charge in [0.1, 0.15) is 5.82 Å². The first kappa shape index (κ1) is 25.2. The van der Waals surface area contributed by atoms with Gasteiger partial charge in [0.05, 0.1) is 16.3 Å². The lowest BCUT2D eigenvalue weighted by Crippen LogP contribution is -2.38. The number of rotatable bonds is 3. The van der Waals surface area contributed by atoms with Gasteiger partial charge in [-0.15, -0.1) is 0 Å². The van der Waals surface area contributed by atoms with Crippen LogP contribution in [0.15, 0.2) is 98.7 Å². The summed E-state index contributed by atoms with van der Waals surface area (Å²) >= 11 is 5.00. The van der Waals surface area contributed by atoms with E-state index in [2.05, 4.69) is 63.0 Å². The molecule has 4 nitrogen and oxygen atoms in total. The second kappa shape index (κ2) is 9.68. The van der Waals surface area contributed by atoms with Crippen LogP contribution >= 0.6 is 27.3 Å². The van der Waals surface area contributed by atoms with E-state index in [1.54, 1.807) is 12.1 Å². The molecule has 0 bridgehead atoms. The molecule has 0 amide bonds. The smallest absolute Gasteiger partial charge is 0.271 e. The van der Waals surface area contributed by atoms with Crippen molar-refractivity contribution in [3.63, 3.8) is 0 Å². The summed E-state index contributed by atoms with van der Waals surface area (Å²) in [5.41, 5.74) is 9.54. The molecule has 1 aliphatic heterocycles. The van der Waals surface area contributed by atoms with Gasteiger partial charge in [-0.25, -0.2) is 9.38 Å². The minimum absolute atomic E-state index is 0.0336. The van der Waals surface area contributed by atoms with Crippen LogP contribution in [-0.4, -0.2) is 9.13 Å². The summed E-state index contributed by atoms with van der Waals surface area (Å²) in [6, 6.07) is 25.1. The van der Waals surface area contributed by atoms with E-state index >= 15 is 0 Å². The van der Waals surface area contributed by atoms with Crippen molar-refractivity contribution in [1.82, 2.24) is 9.13 Å². The summed E-state index contributed by atoms with van der Waals surface area (Å²) < 4.78 is 19.2. The van der Waals surface area contributed by atoms with E-state index < -0.39 is 0 Å². The molecule has 1 aliphatic carbocycles. The number of fused-ring (bicyclic) bond motifs is 3. The predicted molar refractivity (Wildman–Crippen MR) is 162 cm³/mol. The van der Waals surface area contributed by atoms with Gasteiger partial charge in [0.25, 0.3) is 5.56 Å². The summed E-state index contributed by atoms with van der Waals surface area (Å²) in [5, 5.41) is 0. The molecule has 0 saturated carbocycles. The van der Waals surface area contributed by atoms with Crippen LogP contribution in [0.25, 0.3) is 17.5 Å². The average molecular weight is 611 g/mol. The summed E-state index contributed by atoms with van der Waals surface area (Å²) in [7, 11) is 0. The van der Waals surface area contributed by atoms with Gasteiger partial charge in [-0.2, -0.15) is 0 Å². The molecule has 5 aromatic rings. The molecule has 198 valence electrons. The predicted octanol–water partition coefficient (Wildman–Crippen LogP) is 6.63. The fourth-order valence-electron chi connectivity index (χ4n) is 6.03. The molecule has 3 aromatic carbocycles. The van der Waals surface area contributed by atoms with Crippen molar-refractivity contribution < 1.29 is 4.39 Å². The topological polar surface area (TPSA) is 39.3 Å². The fraction of sp³-hybridized carbons (Fsp3) is 0.152. The third-order valence-corrected chi connectivity index (χ3v) is 9.41. The van der Waals surface area contributed by atoms with Crippen LogP contribution in [0.5, 0.6) is 0 Å². The molecule has 3 heterocycles. The molecule has 7 heteroatoms. The lowest BCUT2D eigenvalue weighted by atomic mass is 9.83. The highest BCUT2D eigenvalue weighted by atomic mass is 79.9. The number of aromatic nitrogens is 2. The van der Waals surface area contributed by atoms with E-state index in [0.717, 1.165) is 56.8 Å². The van der Waals surface area contributed by atoms with Crippen LogP contribution < -0.4 is 14.9 Å². The molecular weight excluding hydrogens is 585 g/mol. The quantitative estimate of drug-likeness (QED) is 0.226. The molecule has 40 heavy (non-hydrogen) atoms. The summed E-state index contributed by atoms with van der Waals surface area (Å²) in [6.07, 6.45) is 3.76. The number of benzene rings is 3. The zero-order valence-corrected chi connectivity index (χ0v) is 24.4. The maximum Gasteiger partial charge on any atom is 0.271 e. The Kier molecular flexibility index (Phi) is 6.09. The van der Waals surface area contributed by atoms with E-state index in [4.69, 9.17) is 4.99 Å². The van der Waals surface area contributed by atoms with Crippen LogP contribution in [0.3, 0.4) is 0 Å². The largest absolute Gasteiger partial charge is 0.318 e. The van der Waals surface area contributed by atoms with Crippen molar-refractivity contribution in [3.8, 4) is 5.69 Å². The highest BCUT2D eigenvalue weighted by molar-refractivity contribution is 9.10. The Morgan fingerprint density at radius 1 is 1.00 bits per heavy atom. The highest BCUT2D eigenvalue weighted by Gasteiger charge is 2.32. The Balaban J connectivity index is 1.43. The van der Waals surface area contributed by atoms with Crippen LogP contribution in [0.4, 0.5) is 4.39 Å². The zero-order chi connectivity index (χ0) is 27.5. The van der Waals surface area contributed by atoms with Crippen LogP contribution in [0.1, 0.15) is 46.1 Å². The molecule has 0 spiro atoms. The van der Waals surface area contributed by atoms with Crippen molar-refractivity contribution in [2.75, 3.05) is 0 Å². The molecule has 1 atom stereocenters. The SMILES string of the molecule is Cc1cc(/C=c2/sc3n(c2=O)[C@@H](c2ccc(Br)cc2)C2=C(N=3)c3ccccc3CC2)c(C)n1-c1ccc(F)cc1. The van der Waals surface area contributed by atoms with E-state index in [-0.39, 0.29) is 17.4 Å². The zero-order valence-electron chi connectivity index (χ0n) is 22.0. The molecule has 0 saturated heterocycles. The number of hydrogen-bond acceptors (Lipinski definition) is 3. The van der Waals surface area contributed by atoms with Gasteiger partial charge in [-0.05, 0) is 97.5 Å². The third kappa shape index (κ3) is 4.07. The molecule has 0 radical (unpaired) electrons. The second-order valence-electron chi connectivity index (χ2n) is 10.3. The third-order valence-electron chi connectivity index (χ3n) is 7.90. The Hall–Kier alpha value is -3.81. The Morgan fingerprint density at radius 3 is 2.52 bits per heavy atom. The van der Waals surface area contributed by atoms with Crippen molar-refractivity contribution in [3.05, 3.63) is 148 Å². The van der Waals surface area contributed by atoms with Crippen molar-refractivity contribution in [2.45, 2.75) is 32.7 Å². The van der Waals surface area contributed by atoms with Crippen molar-refractivity contribution in [2.24, 2.45) is 4.99 Å². The first-order chi connectivity index (χ1) is 19.4. The second-order valence-corrected chi connectivity index (χ2v) is 12.2. The minimum Gasteiger partial charge on any atom is -0.318 e. The Morgan fingerprint density at radius 2 is 1.75 bits per heavy atom. The van der Waals surface area contributed by atoms with Gasteiger partial charge >= 0.3 is 0 Å². The number of aryl methyl sites for hydroxylation is 2. The first-order valence-corrected chi connectivity index (χ1v) is 14.8. The van der Waals surface area contributed by atoms with E-state index in [1.807, 2.05) is 36.6 Å². The molecule has 0 fully saturated rings. The number of hydrogen-bond donors (Lipinski definition) is 0. The Bertz CT molecular complexity index is 2010. The normalized spacial score (nSPS) is 16.4. The number of allylic oxidation sites excluding steroid dienone is 1. The standard InChI is InChI=1S/C33H25BrFN3OS/c1-19-17-23(20(2)37(19)26-14-12-25(35)13-15-26)18-29-32(39)38-31(22-7-10-24(34)11-8-22)28-16-9-21-5-3-4-6-27(21)30(28)36-33(38)40-29/h3-8,10-15,17-18,31H,9,16H2,1-2H3/b29-18+/t31-/m0/s1. The summed E-state index contributed by atoms with van der Waals surface area (Å²) in [6.45, 7) is 4.05. The Labute approximate surface area is 243 Å². The molecule has 0 unspecified atom stereocenters. The molecule has 0 N–H and O–H groups in total. The van der Waals surface area contributed by atoms with Gasteiger partial charge in [-0.1, -0.05) is 63.7 Å². The van der Waals surface area contributed by atoms with Gasteiger partial charge in [0.2, 0.25) is 0 Å². The average Bonchev–Trinajstić information content (AvgIpc) is 3.42. The lowest BCUT2D eigenvalue weighted by Gasteiger charge is -2.30.